The Kier molecular flexibility index (Phi) is 5.30. The molecule has 7 heteroatoms. The van der Waals surface area contributed by atoms with Gasteiger partial charge in [-0.1, -0.05) is 35.0 Å². The van der Waals surface area contributed by atoms with Crippen LogP contribution in [0.1, 0.15) is 24.0 Å². The largest absolute Gasteiger partial charge is 0.673 e. The average molecular weight is 310 g/mol. The van der Waals surface area contributed by atoms with E-state index in [-0.39, 0.29) is 0 Å². The van der Waals surface area contributed by atoms with E-state index in [0.717, 1.165) is 6.42 Å². The number of benzene rings is 1. The smallest absolute Gasteiger partial charge is 0.418 e. The Labute approximate surface area is 126 Å². The van der Waals surface area contributed by atoms with E-state index < -0.39 is 7.25 Å². The average Bonchev–Trinajstić information content (AvgIpc) is 2.47. The predicted octanol–water partition coefficient (Wildman–Crippen LogP) is 3.86. The summed E-state index contributed by atoms with van der Waals surface area (Å²) >= 11 is 0. The minimum absolute atomic E-state index is 1.07. The van der Waals surface area contributed by atoms with E-state index in [9.17, 15) is 17.3 Å². The molecule has 3 rings (SSSR count). The van der Waals surface area contributed by atoms with Crippen molar-refractivity contribution in [3.05, 3.63) is 66.0 Å². The van der Waals surface area contributed by atoms with Gasteiger partial charge in [-0.3, -0.25) is 0 Å². The van der Waals surface area contributed by atoms with Crippen LogP contribution in [0, 0.1) is 0 Å². The molecule has 1 aromatic carbocycles. The maximum Gasteiger partial charge on any atom is 0.673 e. The van der Waals surface area contributed by atoms with Crippen molar-refractivity contribution in [2.45, 2.75) is 19.3 Å². The second-order valence-electron chi connectivity index (χ2n) is 4.81. The second kappa shape index (κ2) is 7.20. The normalized spacial score (nSPS) is 15.7. The first kappa shape index (κ1) is 16.2. The van der Waals surface area contributed by atoms with Gasteiger partial charge in [-0.05, 0) is 24.8 Å². The maximum absolute atomic E-state index is 9.75. The fourth-order valence-corrected chi connectivity index (χ4v) is 2.30. The van der Waals surface area contributed by atoms with E-state index in [1.807, 2.05) is 35.3 Å². The van der Waals surface area contributed by atoms with Crippen LogP contribution in [0.3, 0.4) is 0 Å². The fourth-order valence-electron chi connectivity index (χ4n) is 2.30. The summed E-state index contributed by atoms with van der Waals surface area (Å²) in [5.41, 5.74) is 3.94. The molecule has 0 fully saturated rings. The zero-order chi connectivity index (χ0) is 16.0. The zero-order valence-corrected chi connectivity index (χ0v) is 11.8. The van der Waals surface area contributed by atoms with Crippen LogP contribution in [0.4, 0.5) is 17.3 Å². The van der Waals surface area contributed by atoms with Gasteiger partial charge in [0.1, 0.15) is 5.71 Å². The molecule has 0 unspecified atom stereocenters. The fraction of sp³-hybridized carbons (Fsp3) is 0.200. The Morgan fingerprint density at radius 3 is 2.18 bits per heavy atom. The van der Waals surface area contributed by atoms with Gasteiger partial charge < -0.3 is 17.3 Å². The molecule has 22 heavy (non-hydrogen) atoms. The number of pyridine rings is 1. The summed E-state index contributed by atoms with van der Waals surface area (Å²) in [5, 5.41) is 4.69. The van der Waals surface area contributed by atoms with Gasteiger partial charge in [0.05, 0.1) is 0 Å². The van der Waals surface area contributed by atoms with Crippen LogP contribution in [0.2, 0.25) is 0 Å². The topological polar surface area (TPSA) is 16.2 Å². The first-order valence-electron chi connectivity index (χ1n) is 6.93. The Balaban J connectivity index is 0.000000309. The third kappa shape index (κ3) is 5.31. The van der Waals surface area contributed by atoms with E-state index in [0.29, 0.717) is 0 Å². The summed E-state index contributed by atoms with van der Waals surface area (Å²) in [7, 11) is -6.00. The van der Waals surface area contributed by atoms with E-state index >= 15 is 0 Å². The van der Waals surface area contributed by atoms with Crippen LogP contribution in [0.5, 0.6) is 0 Å². The van der Waals surface area contributed by atoms with Crippen molar-refractivity contribution < 1.29 is 21.9 Å². The van der Waals surface area contributed by atoms with E-state index in [4.69, 9.17) is 5.10 Å². The maximum atomic E-state index is 9.75. The van der Waals surface area contributed by atoms with E-state index in [1.165, 1.54) is 29.7 Å². The summed E-state index contributed by atoms with van der Waals surface area (Å²) < 4.78 is 40.9. The van der Waals surface area contributed by atoms with Gasteiger partial charge in [0.25, 0.3) is 0 Å². The van der Waals surface area contributed by atoms with E-state index in [2.05, 4.69) is 24.3 Å². The molecule has 0 spiro atoms. The molecule has 0 bridgehead atoms. The number of rotatable bonds is 1. The highest BCUT2D eigenvalue weighted by Gasteiger charge is 2.20. The second-order valence-corrected chi connectivity index (χ2v) is 4.81. The number of hydrogen-bond donors (Lipinski definition) is 0. The van der Waals surface area contributed by atoms with Crippen LogP contribution in [-0.2, 0) is 6.42 Å². The first-order valence-corrected chi connectivity index (χ1v) is 6.93. The number of aryl methyl sites for hydroxylation is 1. The van der Waals surface area contributed by atoms with Gasteiger partial charge in [0.15, 0.2) is 0 Å². The Morgan fingerprint density at radius 2 is 1.50 bits per heavy atom. The quantitative estimate of drug-likeness (QED) is 0.432. The Morgan fingerprint density at radius 1 is 0.864 bits per heavy atom. The summed E-state index contributed by atoms with van der Waals surface area (Å²) in [6.45, 7) is 0. The lowest BCUT2D eigenvalue weighted by atomic mass is 9.90. The van der Waals surface area contributed by atoms with Gasteiger partial charge in [0, 0.05) is 22.8 Å². The van der Waals surface area contributed by atoms with Crippen molar-refractivity contribution in [3.8, 4) is 0 Å². The SMILES string of the molecule is F[B-](F)(F)F.c1cc[n+](/N=C2/CCCc3ccccc32)cc1. The Bertz CT molecular complexity index is 635. The molecule has 1 heterocycles. The molecule has 0 N–H and O–H groups in total. The van der Waals surface area contributed by atoms with E-state index in [1.54, 1.807) is 0 Å². The molecule has 116 valence electrons. The first-order chi connectivity index (χ1) is 10.4. The molecule has 0 saturated carbocycles. The van der Waals surface area contributed by atoms with Crippen LogP contribution in [-0.4, -0.2) is 13.0 Å². The van der Waals surface area contributed by atoms with Crippen molar-refractivity contribution in [3.63, 3.8) is 0 Å². The molecule has 0 atom stereocenters. The van der Waals surface area contributed by atoms with Crippen LogP contribution < -0.4 is 4.68 Å². The molecule has 2 aromatic rings. The summed E-state index contributed by atoms with van der Waals surface area (Å²) in [6, 6.07) is 14.6. The molecule has 1 aliphatic carbocycles. The minimum Gasteiger partial charge on any atom is -0.418 e. The molecule has 0 aliphatic heterocycles. The molecular formula is C15H15BF4N2. The Hall–Kier alpha value is -2.18. The number of aromatic nitrogens is 1. The highest BCUT2D eigenvalue weighted by molar-refractivity contribution is 6.50. The van der Waals surface area contributed by atoms with Crippen molar-refractivity contribution >= 4 is 13.0 Å². The van der Waals surface area contributed by atoms with Crippen molar-refractivity contribution in [2.75, 3.05) is 0 Å². The molecule has 0 radical (unpaired) electrons. The number of halogens is 4. The highest BCUT2D eigenvalue weighted by Crippen LogP contribution is 2.20. The molecule has 0 saturated heterocycles. The van der Waals surface area contributed by atoms with Crippen molar-refractivity contribution in [1.29, 1.82) is 0 Å². The van der Waals surface area contributed by atoms with Crippen LogP contribution in [0.25, 0.3) is 0 Å². The van der Waals surface area contributed by atoms with Crippen LogP contribution in [0.15, 0.2) is 60.0 Å². The zero-order valence-electron chi connectivity index (χ0n) is 11.8. The van der Waals surface area contributed by atoms with Gasteiger partial charge in [-0.2, -0.15) is 0 Å². The monoisotopic (exact) mass is 310 g/mol. The van der Waals surface area contributed by atoms with Gasteiger partial charge in [0.2, 0.25) is 12.4 Å². The summed E-state index contributed by atoms with van der Waals surface area (Å²) in [5.74, 6) is 0. The van der Waals surface area contributed by atoms with Gasteiger partial charge >= 0.3 is 7.25 Å². The molecular weight excluding hydrogens is 295 g/mol. The highest BCUT2D eigenvalue weighted by atomic mass is 19.5. The van der Waals surface area contributed by atoms with Gasteiger partial charge in [-0.25, -0.2) is 0 Å². The van der Waals surface area contributed by atoms with Crippen LogP contribution >= 0.6 is 0 Å². The number of hydrogen-bond acceptors (Lipinski definition) is 1. The molecule has 0 amide bonds. The predicted molar refractivity (Wildman–Crippen MR) is 78.1 cm³/mol. The number of fused-ring (bicyclic) bond motifs is 1. The molecule has 1 aliphatic rings. The molecule has 2 nitrogen and oxygen atoms in total. The lowest BCUT2D eigenvalue weighted by Gasteiger charge is -2.15. The van der Waals surface area contributed by atoms with Crippen molar-refractivity contribution in [2.24, 2.45) is 5.10 Å². The third-order valence-electron chi connectivity index (χ3n) is 3.12. The minimum atomic E-state index is -6.00. The standard InChI is InChI=1S/C15H15N2.BF4/c1-4-11-17(12-5-1)16-15-10-6-8-13-7-2-3-9-14(13)15;2-1(3,4)5/h1-5,7,9,11-12H,6,8,10H2;/q+1;-1/b16-15-;. The van der Waals surface area contributed by atoms with Gasteiger partial charge in [-0.15, -0.1) is 0 Å². The summed E-state index contributed by atoms with van der Waals surface area (Å²) in [6.07, 6.45) is 7.39. The third-order valence-corrected chi connectivity index (χ3v) is 3.12. The lowest BCUT2D eigenvalue weighted by Crippen LogP contribution is -2.29. The van der Waals surface area contributed by atoms with Crippen molar-refractivity contribution in [1.82, 2.24) is 0 Å². The summed E-state index contributed by atoms with van der Waals surface area (Å²) in [4.78, 5) is 0. The number of nitrogens with zero attached hydrogens (tertiary/aromatic N) is 2. The molecule has 1 aromatic heterocycles. The lowest BCUT2D eigenvalue weighted by molar-refractivity contribution is -0.678.